The number of fused-ring (bicyclic) bond motifs is 1. The van der Waals surface area contributed by atoms with Gasteiger partial charge in [0.15, 0.2) is 0 Å². The van der Waals surface area contributed by atoms with Gasteiger partial charge in [-0.2, -0.15) is 5.26 Å². The normalized spacial score (nSPS) is 9.54. The lowest BCUT2D eigenvalue weighted by atomic mass is 9.98. The molecule has 0 unspecified atom stereocenters. The van der Waals surface area contributed by atoms with Gasteiger partial charge in [0, 0.05) is 24.2 Å². The average Bonchev–Trinajstić information content (AvgIpc) is 3.09. The van der Waals surface area contributed by atoms with Crippen LogP contribution in [0.1, 0.15) is 37.5 Å². The molecule has 2 heteroatoms. The fraction of sp³-hybridized carbons (Fsp3) is 0.192. The van der Waals surface area contributed by atoms with Gasteiger partial charge < -0.3 is 4.98 Å². The maximum atomic E-state index is 7.32. The molecule has 0 atom stereocenters. The van der Waals surface area contributed by atoms with Gasteiger partial charge in [0.05, 0.1) is 11.8 Å². The first-order chi connectivity index (χ1) is 13.7. The largest absolute Gasteiger partial charge is 0.354 e. The SMILES string of the molecule is CC.CC#N.Cc1ccc2c(Cc3ccccc3)c(-c3ccccc3)[nH]c2c1. The van der Waals surface area contributed by atoms with Gasteiger partial charge in [-0.05, 0) is 35.2 Å². The van der Waals surface area contributed by atoms with Crippen LogP contribution in [-0.2, 0) is 6.42 Å². The third-order valence-electron chi connectivity index (χ3n) is 4.35. The van der Waals surface area contributed by atoms with E-state index in [1.165, 1.54) is 45.8 Å². The van der Waals surface area contributed by atoms with Gasteiger partial charge in [-0.3, -0.25) is 0 Å². The molecule has 142 valence electrons. The number of nitrogens with zero attached hydrogens (tertiary/aromatic N) is 1. The van der Waals surface area contributed by atoms with E-state index in [1.54, 1.807) is 6.07 Å². The minimum absolute atomic E-state index is 0.939. The number of hydrogen-bond donors (Lipinski definition) is 1. The number of hydrogen-bond acceptors (Lipinski definition) is 1. The number of aromatic amines is 1. The summed E-state index contributed by atoms with van der Waals surface area (Å²) in [5.74, 6) is 0. The van der Waals surface area contributed by atoms with Crippen molar-refractivity contribution in [3.05, 3.63) is 95.6 Å². The molecule has 0 spiro atoms. The molecule has 4 aromatic rings. The molecule has 1 heterocycles. The predicted molar refractivity (Wildman–Crippen MR) is 120 cm³/mol. The summed E-state index contributed by atoms with van der Waals surface area (Å²) in [5, 5.41) is 8.64. The van der Waals surface area contributed by atoms with Gasteiger partial charge in [-0.25, -0.2) is 0 Å². The molecule has 0 aliphatic rings. The van der Waals surface area contributed by atoms with E-state index in [0.29, 0.717) is 0 Å². The topological polar surface area (TPSA) is 39.6 Å². The van der Waals surface area contributed by atoms with Crippen LogP contribution in [-0.4, -0.2) is 4.98 Å². The molecule has 4 rings (SSSR count). The van der Waals surface area contributed by atoms with Crippen molar-refractivity contribution in [2.75, 3.05) is 0 Å². The fourth-order valence-corrected chi connectivity index (χ4v) is 3.20. The highest BCUT2D eigenvalue weighted by Gasteiger charge is 2.13. The highest BCUT2D eigenvalue weighted by Crippen LogP contribution is 2.32. The van der Waals surface area contributed by atoms with Crippen molar-refractivity contribution in [1.82, 2.24) is 4.98 Å². The second-order valence-electron chi connectivity index (χ2n) is 6.28. The van der Waals surface area contributed by atoms with E-state index < -0.39 is 0 Å². The summed E-state index contributed by atoms with van der Waals surface area (Å²) < 4.78 is 0. The molecular formula is C26H28N2. The van der Waals surface area contributed by atoms with Crippen LogP contribution in [0.2, 0.25) is 0 Å². The van der Waals surface area contributed by atoms with Crippen molar-refractivity contribution in [2.24, 2.45) is 0 Å². The number of aryl methyl sites for hydroxylation is 1. The molecule has 0 amide bonds. The van der Waals surface area contributed by atoms with Crippen LogP contribution in [0.5, 0.6) is 0 Å². The van der Waals surface area contributed by atoms with E-state index in [2.05, 4.69) is 90.8 Å². The molecule has 1 N–H and O–H groups in total. The lowest BCUT2D eigenvalue weighted by Crippen LogP contribution is -1.90. The molecule has 3 aromatic carbocycles. The van der Waals surface area contributed by atoms with Crippen LogP contribution >= 0.6 is 0 Å². The number of nitriles is 1. The van der Waals surface area contributed by atoms with Crippen LogP contribution in [0.15, 0.2) is 78.9 Å². The van der Waals surface area contributed by atoms with E-state index in [4.69, 9.17) is 5.26 Å². The van der Waals surface area contributed by atoms with Crippen LogP contribution in [0.25, 0.3) is 22.2 Å². The maximum absolute atomic E-state index is 7.32. The molecule has 28 heavy (non-hydrogen) atoms. The lowest BCUT2D eigenvalue weighted by Gasteiger charge is -2.06. The van der Waals surface area contributed by atoms with Crippen molar-refractivity contribution in [3.8, 4) is 17.3 Å². The summed E-state index contributed by atoms with van der Waals surface area (Å²) >= 11 is 0. The van der Waals surface area contributed by atoms with Gasteiger partial charge in [0.1, 0.15) is 0 Å². The van der Waals surface area contributed by atoms with Crippen LogP contribution in [0.4, 0.5) is 0 Å². The van der Waals surface area contributed by atoms with E-state index in [9.17, 15) is 0 Å². The number of aromatic nitrogens is 1. The van der Waals surface area contributed by atoms with Gasteiger partial charge >= 0.3 is 0 Å². The van der Waals surface area contributed by atoms with Crippen LogP contribution < -0.4 is 0 Å². The zero-order chi connectivity index (χ0) is 20.4. The fourth-order valence-electron chi connectivity index (χ4n) is 3.20. The van der Waals surface area contributed by atoms with Crippen LogP contribution in [0.3, 0.4) is 0 Å². The number of benzene rings is 3. The summed E-state index contributed by atoms with van der Waals surface area (Å²) in [6, 6.07) is 29.7. The molecule has 0 fully saturated rings. The van der Waals surface area contributed by atoms with Crippen molar-refractivity contribution in [3.63, 3.8) is 0 Å². The monoisotopic (exact) mass is 368 g/mol. The number of rotatable bonds is 3. The summed E-state index contributed by atoms with van der Waals surface area (Å²) in [5.41, 5.74) is 7.69. The van der Waals surface area contributed by atoms with Crippen molar-refractivity contribution in [2.45, 2.75) is 34.1 Å². The Hall–Kier alpha value is -3.31. The molecule has 1 aromatic heterocycles. The molecule has 0 aliphatic heterocycles. The molecule has 0 radical (unpaired) electrons. The molecule has 0 saturated heterocycles. The Morgan fingerprint density at radius 1 is 0.857 bits per heavy atom. The minimum atomic E-state index is 0.939. The average molecular weight is 369 g/mol. The first-order valence-corrected chi connectivity index (χ1v) is 9.74. The van der Waals surface area contributed by atoms with Gasteiger partial charge in [0.25, 0.3) is 0 Å². The zero-order valence-electron chi connectivity index (χ0n) is 17.2. The quantitative estimate of drug-likeness (QED) is 0.405. The summed E-state index contributed by atoms with van der Waals surface area (Å²) in [6.07, 6.45) is 0.939. The smallest absolute Gasteiger partial charge is 0.0587 e. The third-order valence-corrected chi connectivity index (χ3v) is 4.35. The van der Waals surface area contributed by atoms with Gasteiger partial charge in [-0.1, -0.05) is 86.6 Å². The summed E-state index contributed by atoms with van der Waals surface area (Å²) in [4.78, 5) is 3.64. The number of H-pyrrole nitrogens is 1. The molecular weight excluding hydrogens is 340 g/mol. The molecule has 0 bridgehead atoms. The predicted octanol–water partition coefficient (Wildman–Crippen LogP) is 7.29. The van der Waals surface area contributed by atoms with Gasteiger partial charge in [0.2, 0.25) is 0 Å². The Morgan fingerprint density at radius 2 is 1.43 bits per heavy atom. The van der Waals surface area contributed by atoms with E-state index in [-0.39, 0.29) is 0 Å². The molecule has 0 aliphatic carbocycles. The standard InChI is InChI=1S/C22H19N.C2H3N.C2H6/c1-16-12-13-19-20(15-17-8-4-2-5-9-17)22(23-21(19)14-16)18-10-6-3-7-11-18;1-2-3;1-2/h2-14,23H,15H2,1H3;1H3;1-2H3. The van der Waals surface area contributed by atoms with E-state index >= 15 is 0 Å². The van der Waals surface area contributed by atoms with E-state index in [0.717, 1.165) is 6.42 Å². The molecule has 2 nitrogen and oxygen atoms in total. The molecule has 0 saturated carbocycles. The Balaban J connectivity index is 0.000000514. The Kier molecular flexibility index (Phi) is 8.06. The highest BCUT2D eigenvalue weighted by molar-refractivity contribution is 5.91. The lowest BCUT2D eigenvalue weighted by molar-refractivity contribution is 1.21. The van der Waals surface area contributed by atoms with Crippen molar-refractivity contribution < 1.29 is 0 Å². The number of nitrogens with one attached hydrogen (secondary N) is 1. The zero-order valence-corrected chi connectivity index (χ0v) is 17.2. The Labute approximate surface area is 168 Å². The second-order valence-corrected chi connectivity index (χ2v) is 6.28. The maximum Gasteiger partial charge on any atom is 0.0587 e. The Bertz CT molecular complexity index is 1020. The van der Waals surface area contributed by atoms with Gasteiger partial charge in [-0.15, -0.1) is 0 Å². The first-order valence-electron chi connectivity index (χ1n) is 9.74. The van der Waals surface area contributed by atoms with Crippen molar-refractivity contribution in [1.29, 1.82) is 5.26 Å². The van der Waals surface area contributed by atoms with E-state index in [1.807, 2.05) is 13.8 Å². The van der Waals surface area contributed by atoms with Crippen molar-refractivity contribution >= 4 is 10.9 Å². The third kappa shape index (κ3) is 5.11. The van der Waals surface area contributed by atoms with Crippen LogP contribution in [0, 0.1) is 18.3 Å². The second kappa shape index (κ2) is 10.7. The summed E-state index contributed by atoms with van der Waals surface area (Å²) in [7, 11) is 0. The highest BCUT2D eigenvalue weighted by atomic mass is 14.7. The minimum Gasteiger partial charge on any atom is -0.354 e. The summed E-state index contributed by atoms with van der Waals surface area (Å²) in [6.45, 7) is 7.57. The first kappa shape index (κ1) is 21.0. The Morgan fingerprint density at radius 3 is 2.04 bits per heavy atom.